The van der Waals surface area contributed by atoms with Crippen LogP contribution in [0.5, 0.6) is 17.2 Å². The highest BCUT2D eigenvalue weighted by atomic mass is 32.2. The van der Waals surface area contributed by atoms with Gasteiger partial charge in [-0.05, 0) is 25.0 Å². The molecule has 0 amide bonds. The van der Waals surface area contributed by atoms with Crippen LogP contribution >= 0.6 is 11.8 Å². The van der Waals surface area contributed by atoms with E-state index in [0.29, 0.717) is 34.2 Å². The average molecular weight is 403 g/mol. The molecular formula is C20H26N4O3S. The van der Waals surface area contributed by atoms with Crippen molar-refractivity contribution in [3.05, 3.63) is 24.2 Å². The number of aromatic nitrogens is 3. The molecule has 7 nitrogen and oxygen atoms in total. The molecule has 1 saturated carbocycles. The van der Waals surface area contributed by atoms with Crippen molar-refractivity contribution in [2.75, 3.05) is 21.3 Å². The predicted octanol–water partition coefficient (Wildman–Crippen LogP) is 3.75. The second-order valence-corrected chi connectivity index (χ2v) is 8.30. The van der Waals surface area contributed by atoms with Gasteiger partial charge in [-0.1, -0.05) is 19.3 Å². The summed E-state index contributed by atoms with van der Waals surface area (Å²) in [6.45, 7) is 0. The van der Waals surface area contributed by atoms with Gasteiger partial charge in [0.2, 0.25) is 5.75 Å². The minimum absolute atomic E-state index is 0.430. The number of benzene rings is 1. The lowest BCUT2D eigenvalue weighted by Gasteiger charge is -2.15. The van der Waals surface area contributed by atoms with Gasteiger partial charge in [0.1, 0.15) is 11.4 Å². The molecule has 2 aliphatic rings. The zero-order chi connectivity index (χ0) is 19.7. The van der Waals surface area contributed by atoms with Crippen LogP contribution in [0.4, 0.5) is 0 Å². The van der Waals surface area contributed by atoms with Gasteiger partial charge in [0.05, 0.1) is 21.3 Å². The first-order chi connectivity index (χ1) is 13.7. The molecule has 1 aromatic heterocycles. The molecule has 1 aliphatic carbocycles. The van der Waals surface area contributed by atoms with Crippen LogP contribution in [-0.4, -0.2) is 41.3 Å². The van der Waals surface area contributed by atoms with Gasteiger partial charge in [-0.15, -0.1) is 11.8 Å². The molecule has 2 aromatic rings. The molecule has 28 heavy (non-hydrogen) atoms. The molecule has 2 N–H and O–H groups in total. The Bertz CT molecular complexity index is 870. The molecule has 0 bridgehead atoms. The molecule has 1 aromatic carbocycles. The van der Waals surface area contributed by atoms with Gasteiger partial charge >= 0.3 is 0 Å². The molecule has 8 heteroatoms. The summed E-state index contributed by atoms with van der Waals surface area (Å²) in [4.78, 5) is 4.50. The van der Waals surface area contributed by atoms with E-state index in [1.54, 1.807) is 27.7 Å². The summed E-state index contributed by atoms with van der Waals surface area (Å²) in [7, 11) is 4.80. The highest BCUT2D eigenvalue weighted by molar-refractivity contribution is 8.08. The van der Waals surface area contributed by atoms with Gasteiger partial charge in [0.25, 0.3) is 0 Å². The number of thioether (sulfide) groups is 1. The number of hydrogen-bond acceptors (Lipinski definition) is 7. The molecule has 2 heterocycles. The maximum atomic E-state index is 6.60. The van der Waals surface area contributed by atoms with E-state index in [2.05, 4.69) is 10.1 Å². The van der Waals surface area contributed by atoms with E-state index in [-0.39, 0.29) is 0 Å². The van der Waals surface area contributed by atoms with Crippen LogP contribution < -0.4 is 19.9 Å². The summed E-state index contributed by atoms with van der Waals surface area (Å²) < 4.78 is 18.3. The predicted molar refractivity (Wildman–Crippen MR) is 110 cm³/mol. The second kappa shape index (κ2) is 7.95. The maximum Gasteiger partial charge on any atom is 0.203 e. The molecule has 0 saturated heterocycles. The Balaban J connectivity index is 1.76. The third-order valence-corrected chi connectivity index (χ3v) is 7.02. The van der Waals surface area contributed by atoms with Crippen LogP contribution in [-0.2, 0) is 0 Å². The fraction of sp³-hybridized carbons (Fsp3) is 0.500. The summed E-state index contributed by atoms with van der Waals surface area (Å²) in [6.07, 6.45) is 7.73. The average Bonchev–Trinajstić information content (AvgIpc) is 3.24. The van der Waals surface area contributed by atoms with Crippen LogP contribution in [0.15, 0.2) is 24.2 Å². The van der Waals surface area contributed by atoms with E-state index in [9.17, 15) is 0 Å². The molecule has 0 spiro atoms. The maximum absolute atomic E-state index is 6.60. The minimum Gasteiger partial charge on any atom is -0.493 e. The van der Waals surface area contributed by atoms with Gasteiger partial charge < -0.3 is 19.9 Å². The summed E-state index contributed by atoms with van der Waals surface area (Å²) >= 11 is 1.84. The zero-order valence-electron chi connectivity index (χ0n) is 16.5. The molecule has 2 atom stereocenters. The van der Waals surface area contributed by atoms with Gasteiger partial charge in [0, 0.05) is 22.4 Å². The van der Waals surface area contributed by atoms with Crippen LogP contribution in [0, 0.1) is 5.92 Å². The molecule has 0 radical (unpaired) electrons. The van der Waals surface area contributed by atoms with Gasteiger partial charge in [-0.3, -0.25) is 0 Å². The third-order valence-electron chi connectivity index (χ3n) is 5.53. The van der Waals surface area contributed by atoms with E-state index in [1.165, 1.54) is 25.7 Å². The van der Waals surface area contributed by atoms with E-state index >= 15 is 0 Å². The Labute approximate surface area is 169 Å². The lowest BCUT2D eigenvalue weighted by atomic mass is 9.97. The van der Waals surface area contributed by atoms with Crippen molar-refractivity contribution in [2.24, 2.45) is 11.7 Å². The summed E-state index contributed by atoms with van der Waals surface area (Å²) in [5.74, 6) is 2.85. The number of nitrogens with two attached hydrogens (primary N) is 1. The van der Waals surface area contributed by atoms with Crippen molar-refractivity contribution < 1.29 is 14.2 Å². The first-order valence-electron chi connectivity index (χ1n) is 9.55. The Morgan fingerprint density at radius 1 is 1.04 bits per heavy atom. The lowest BCUT2D eigenvalue weighted by Crippen LogP contribution is -2.17. The summed E-state index contributed by atoms with van der Waals surface area (Å²) in [6, 6.07) is 3.77. The van der Waals surface area contributed by atoms with Crippen molar-refractivity contribution >= 4 is 16.8 Å². The van der Waals surface area contributed by atoms with Crippen molar-refractivity contribution in [3.63, 3.8) is 0 Å². The molecular weight excluding hydrogens is 376 g/mol. The SMILES string of the molecule is COc1cc(-c2ncnn2C2=C(N)C3CCCCCC3S2)cc(OC)c1OC. The fourth-order valence-corrected chi connectivity index (χ4v) is 5.65. The topological polar surface area (TPSA) is 84.4 Å². The molecule has 1 aliphatic heterocycles. The molecule has 1 fully saturated rings. The van der Waals surface area contributed by atoms with Crippen LogP contribution in [0.1, 0.15) is 32.1 Å². The molecule has 2 unspecified atom stereocenters. The summed E-state index contributed by atoms with van der Waals surface area (Å²) in [5.41, 5.74) is 8.37. The molecule has 150 valence electrons. The largest absolute Gasteiger partial charge is 0.493 e. The zero-order valence-corrected chi connectivity index (χ0v) is 17.3. The van der Waals surface area contributed by atoms with Gasteiger partial charge in [0.15, 0.2) is 17.3 Å². The number of allylic oxidation sites excluding steroid dienone is 1. The van der Waals surface area contributed by atoms with Crippen molar-refractivity contribution in [1.82, 2.24) is 14.8 Å². The number of hydrogen-bond donors (Lipinski definition) is 1. The highest BCUT2D eigenvalue weighted by Crippen LogP contribution is 2.49. The number of fused-ring (bicyclic) bond motifs is 1. The second-order valence-electron chi connectivity index (χ2n) is 7.07. The Morgan fingerprint density at radius 3 is 2.43 bits per heavy atom. The Kier molecular flexibility index (Phi) is 5.39. The van der Waals surface area contributed by atoms with E-state index < -0.39 is 0 Å². The number of ether oxygens (including phenoxy) is 3. The highest BCUT2D eigenvalue weighted by Gasteiger charge is 2.37. The van der Waals surface area contributed by atoms with Gasteiger partial charge in [-0.2, -0.15) is 5.10 Å². The quantitative estimate of drug-likeness (QED) is 0.815. The third kappa shape index (κ3) is 3.19. The van der Waals surface area contributed by atoms with Crippen LogP contribution in [0.2, 0.25) is 0 Å². The van der Waals surface area contributed by atoms with E-state index in [1.807, 2.05) is 28.6 Å². The number of rotatable bonds is 5. The smallest absolute Gasteiger partial charge is 0.203 e. The van der Waals surface area contributed by atoms with E-state index in [0.717, 1.165) is 22.7 Å². The summed E-state index contributed by atoms with van der Waals surface area (Å²) in [5, 5.41) is 6.03. The fourth-order valence-electron chi connectivity index (χ4n) is 4.11. The molecule has 4 rings (SSSR count). The first-order valence-corrected chi connectivity index (χ1v) is 10.4. The van der Waals surface area contributed by atoms with Crippen molar-refractivity contribution in [3.8, 4) is 28.6 Å². The normalized spacial score (nSPS) is 22.0. The Hall–Kier alpha value is -2.35. The minimum atomic E-state index is 0.430. The van der Waals surface area contributed by atoms with Crippen molar-refractivity contribution in [2.45, 2.75) is 37.4 Å². The van der Waals surface area contributed by atoms with Gasteiger partial charge in [-0.25, -0.2) is 9.67 Å². The van der Waals surface area contributed by atoms with E-state index in [4.69, 9.17) is 19.9 Å². The first kappa shape index (κ1) is 19.0. The van der Waals surface area contributed by atoms with Crippen LogP contribution in [0.3, 0.4) is 0 Å². The monoisotopic (exact) mass is 402 g/mol. The standard InChI is InChI=1S/C20H26N4O3S/c1-25-14-9-12(10-15(26-2)18(14)27-3)19-22-11-23-24(19)20-17(21)13-7-5-4-6-8-16(13)28-20/h9-11,13,16H,4-8,21H2,1-3H3. The number of nitrogens with zero attached hydrogens (tertiary/aromatic N) is 3. The van der Waals surface area contributed by atoms with Crippen LogP contribution in [0.25, 0.3) is 16.4 Å². The van der Waals surface area contributed by atoms with Crippen molar-refractivity contribution in [1.29, 1.82) is 0 Å². The lowest BCUT2D eigenvalue weighted by molar-refractivity contribution is 0.324. The Morgan fingerprint density at radius 2 is 1.75 bits per heavy atom. The number of methoxy groups -OCH3 is 3.